The quantitative estimate of drug-likeness (QED) is 0.121. The molecule has 1 aromatic heterocycles. The van der Waals surface area contributed by atoms with E-state index in [-0.39, 0.29) is 36.0 Å². The van der Waals surface area contributed by atoms with Gasteiger partial charge in [-0.2, -0.15) is 0 Å². The third kappa shape index (κ3) is 10.4. The van der Waals surface area contributed by atoms with E-state index in [9.17, 15) is 14.4 Å². The molecule has 0 saturated heterocycles. The highest BCUT2D eigenvalue weighted by Crippen LogP contribution is 2.29. The normalized spacial score (nSPS) is 16.2. The molecule has 0 radical (unpaired) electrons. The van der Waals surface area contributed by atoms with Crippen LogP contribution in [0, 0.1) is 11.8 Å². The molecule has 6 N–H and O–H groups in total. The molecule has 12 nitrogen and oxygen atoms in total. The maximum Gasteiger partial charge on any atom is 0.251 e. The number of tetrazole rings is 1. The van der Waals surface area contributed by atoms with Gasteiger partial charge in [-0.25, -0.2) is 5.10 Å². The van der Waals surface area contributed by atoms with Gasteiger partial charge in [0.25, 0.3) is 5.91 Å². The third-order valence-corrected chi connectivity index (χ3v) is 9.41. The summed E-state index contributed by atoms with van der Waals surface area (Å²) in [5, 5.41) is 22.9. The molecule has 1 heterocycles. The predicted molar refractivity (Wildman–Crippen MR) is 198 cm³/mol. The number of likely N-dealkylation sites (N-methyl/N-ethyl adjacent to an activating group) is 1. The van der Waals surface area contributed by atoms with Crippen molar-refractivity contribution in [3.8, 4) is 22.5 Å². The Kier molecular flexibility index (Phi) is 14.4. The van der Waals surface area contributed by atoms with E-state index >= 15 is 0 Å². The van der Waals surface area contributed by atoms with Gasteiger partial charge < -0.3 is 26.6 Å². The maximum absolute atomic E-state index is 13.7. The minimum Gasteiger partial charge on any atom is -0.351 e. The van der Waals surface area contributed by atoms with Crippen molar-refractivity contribution in [2.75, 3.05) is 38.0 Å². The van der Waals surface area contributed by atoms with Crippen LogP contribution in [0.1, 0.15) is 55.5 Å². The SMILES string of the molecule is CCN(CC)CCNC(=O)c1ccc(-c2cccc(C[C@H](NC(=O)[C@H]3CC[C@H](CN)CC3)C(=O)Nc3ccc(-c4nnn[nH]4)cc3)c2)cc1.Cl. The Labute approximate surface area is 299 Å². The van der Waals surface area contributed by atoms with Crippen molar-refractivity contribution in [3.05, 3.63) is 83.9 Å². The molecular formula is C37H48ClN9O3. The van der Waals surface area contributed by atoms with Gasteiger partial charge in [0.2, 0.25) is 11.8 Å². The number of hydrogen-bond donors (Lipinski definition) is 5. The highest BCUT2D eigenvalue weighted by Gasteiger charge is 2.29. The molecule has 1 aliphatic rings. The summed E-state index contributed by atoms with van der Waals surface area (Å²) in [6.07, 6.45) is 3.66. The molecule has 13 heteroatoms. The van der Waals surface area contributed by atoms with E-state index in [0.717, 1.165) is 67.6 Å². The van der Waals surface area contributed by atoms with Crippen LogP contribution < -0.4 is 21.7 Å². The number of nitrogens with one attached hydrogen (secondary N) is 4. The van der Waals surface area contributed by atoms with Crippen molar-refractivity contribution in [2.45, 2.75) is 52.0 Å². The molecule has 1 fully saturated rings. The van der Waals surface area contributed by atoms with E-state index in [2.05, 4.69) is 55.3 Å². The summed E-state index contributed by atoms with van der Waals surface area (Å²) in [7, 11) is 0. The number of aromatic amines is 1. The molecule has 3 amide bonds. The topological polar surface area (TPSA) is 171 Å². The standard InChI is InChI=1S/C37H47N9O3.ClH/c1-3-46(4-2)21-20-39-35(47)29-14-12-27(13-15-29)31-7-5-6-26(22-31)23-33(41-36(48)30-10-8-25(24-38)9-11-30)37(49)40-32-18-16-28(17-19-32)34-42-44-45-43-34;/h5-7,12-19,22,25,30,33H,3-4,8-11,20-21,23-24,38H2,1-2H3,(H,39,47)(H,40,49)(H,41,48)(H,42,43,44,45);1H/t25-,30-,33-;/m0./s1. The van der Waals surface area contributed by atoms with Crippen molar-refractivity contribution >= 4 is 35.8 Å². The van der Waals surface area contributed by atoms with Gasteiger partial charge >= 0.3 is 0 Å². The fourth-order valence-electron chi connectivity index (χ4n) is 6.28. The van der Waals surface area contributed by atoms with Crippen LogP contribution in [-0.2, 0) is 16.0 Å². The Morgan fingerprint density at radius 1 is 0.920 bits per heavy atom. The van der Waals surface area contributed by atoms with Gasteiger partial charge in [-0.3, -0.25) is 14.4 Å². The Morgan fingerprint density at radius 2 is 1.62 bits per heavy atom. The minimum atomic E-state index is -0.796. The number of benzene rings is 3. The first kappa shape index (κ1) is 38.2. The second kappa shape index (κ2) is 18.9. The number of amides is 3. The van der Waals surface area contributed by atoms with E-state index in [1.165, 1.54) is 0 Å². The number of anilines is 1. The summed E-state index contributed by atoms with van der Waals surface area (Å²) >= 11 is 0. The van der Waals surface area contributed by atoms with Crippen molar-refractivity contribution in [2.24, 2.45) is 17.6 Å². The van der Waals surface area contributed by atoms with Crippen LogP contribution >= 0.6 is 12.4 Å². The number of rotatable bonds is 15. The Hall–Kier alpha value is -4.65. The van der Waals surface area contributed by atoms with E-state index < -0.39 is 6.04 Å². The lowest BCUT2D eigenvalue weighted by Crippen LogP contribution is -2.48. The van der Waals surface area contributed by atoms with Gasteiger partial charge in [-0.15, -0.1) is 17.5 Å². The largest absolute Gasteiger partial charge is 0.351 e. The second-order valence-corrected chi connectivity index (χ2v) is 12.6. The maximum atomic E-state index is 13.7. The van der Waals surface area contributed by atoms with Crippen LogP contribution in [0.25, 0.3) is 22.5 Å². The van der Waals surface area contributed by atoms with E-state index in [4.69, 9.17) is 5.73 Å². The number of nitrogens with zero attached hydrogens (tertiary/aromatic N) is 4. The lowest BCUT2D eigenvalue weighted by molar-refractivity contribution is -0.130. The Morgan fingerprint density at radius 3 is 2.26 bits per heavy atom. The number of carbonyl (C=O) groups excluding carboxylic acids is 3. The van der Waals surface area contributed by atoms with Gasteiger partial charge in [0.1, 0.15) is 6.04 Å². The van der Waals surface area contributed by atoms with Crippen LogP contribution in [0.5, 0.6) is 0 Å². The summed E-state index contributed by atoms with van der Waals surface area (Å²) < 4.78 is 0. The molecule has 3 aromatic carbocycles. The first-order valence-corrected chi connectivity index (χ1v) is 17.2. The molecule has 1 aliphatic carbocycles. The molecule has 0 spiro atoms. The number of H-pyrrole nitrogens is 1. The van der Waals surface area contributed by atoms with Crippen LogP contribution in [0.15, 0.2) is 72.8 Å². The summed E-state index contributed by atoms with van der Waals surface area (Å²) in [4.78, 5) is 42.2. The van der Waals surface area contributed by atoms with Crippen LogP contribution in [0.4, 0.5) is 5.69 Å². The lowest BCUT2D eigenvalue weighted by atomic mass is 9.81. The zero-order chi connectivity index (χ0) is 34.6. The first-order chi connectivity index (χ1) is 23.9. The molecule has 0 unspecified atom stereocenters. The van der Waals surface area contributed by atoms with Gasteiger partial charge in [0.05, 0.1) is 0 Å². The summed E-state index contributed by atoms with van der Waals surface area (Å²) in [5.41, 5.74) is 10.6. The number of aromatic nitrogens is 4. The molecule has 1 saturated carbocycles. The van der Waals surface area contributed by atoms with Crippen molar-refractivity contribution in [1.29, 1.82) is 0 Å². The molecule has 266 valence electrons. The highest BCUT2D eigenvalue weighted by atomic mass is 35.5. The lowest BCUT2D eigenvalue weighted by Gasteiger charge is -2.28. The van der Waals surface area contributed by atoms with Crippen LogP contribution in [-0.4, -0.2) is 82.0 Å². The van der Waals surface area contributed by atoms with Crippen molar-refractivity contribution < 1.29 is 14.4 Å². The van der Waals surface area contributed by atoms with Crippen LogP contribution in [0.3, 0.4) is 0 Å². The zero-order valence-electron chi connectivity index (χ0n) is 28.7. The number of halogens is 1. The molecular weight excluding hydrogens is 654 g/mol. The Bertz CT molecular complexity index is 1650. The number of carbonyl (C=O) groups is 3. The summed E-state index contributed by atoms with van der Waals surface area (Å²) in [6, 6.07) is 21.8. The first-order valence-electron chi connectivity index (χ1n) is 17.2. The number of nitrogens with two attached hydrogens (primary N) is 1. The summed E-state index contributed by atoms with van der Waals surface area (Å²) in [6.45, 7) is 8.16. The monoisotopic (exact) mass is 701 g/mol. The molecule has 1 atom stereocenters. The van der Waals surface area contributed by atoms with Crippen LogP contribution in [0.2, 0.25) is 0 Å². The van der Waals surface area contributed by atoms with E-state index in [0.29, 0.717) is 42.5 Å². The third-order valence-electron chi connectivity index (χ3n) is 9.41. The van der Waals surface area contributed by atoms with E-state index in [1.54, 1.807) is 12.1 Å². The smallest absolute Gasteiger partial charge is 0.251 e. The molecule has 0 bridgehead atoms. The average molecular weight is 702 g/mol. The summed E-state index contributed by atoms with van der Waals surface area (Å²) in [5.74, 6) is 0.315. The van der Waals surface area contributed by atoms with Gasteiger partial charge in [-0.05, 0) is 115 Å². The average Bonchev–Trinajstić information content (AvgIpc) is 3.69. The highest BCUT2D eigenvalue weighted by molar-refractivity contribution is 5.98. The molecule has 50 heavy (non-hydrogen) atoms. The molecule has 0 aliphatic heterocycles. The fraction of sp³-hybridized carbons (Fsp3) is 0.405. The van der Waals surface area contributed by atoms with E-state index in [1.807, 2.05) is 60.7 Å². The molecule has 4 aromatic rings. The van der Waals surface area contributed by atoms with Gasteiger partial charge in [-0.1, -0.05) is 50.2 Å². The Balaban J connectivity index is 0.00000562. The predicted octanol–water partition coefficient (Wildman–Crippen LogP) is 4.46. The van der Waals surface area contributed by atoms with Gasteiger partial charge in [0.15, 0.2) is 5.82 Å². The fourth-order valence-corrected chi connectivity index (χ4v) is 6.28. The van der Waals surface area contributed by atoms with Gasteiger partial charge in [0, 0.05) is 42.2 Å². The second-order valence-electron chi connectivity index (χ2n) is 12.6. The minimum absolute atomic E-state index is 0. The van der Waals surface area contributed by atoms with Crippen molar-refractivity contribution in [3.63, 3.8) is 0 Å². The van der Waals surface area contributed by atoms with Crippen molar-refractivity contribution in [1.82, 2.24) is 36.2 Å². The zero-order valence-corrected chi connectivity index (χ0v) is 29.5. The number of hydrogen-bond acceptors (Lipinski definition) is 8. The molecule has 5 rings (SSSR count).